The van der Waals surface area contributed by atoms with Crippen LogP contribution in [0.2, 0.25) is 0 Å². The first-order valence-corrected chi connectivity index (χ1v) is 8.12. The van der Waals surface area contributed by atoms with Gasteiger partial charge in [-0.3, -0.25) is 4.79 Å². The zero-order valence-electron chi connectivity index (χ0n) is 14.7. The third kappa shape index (κ3) is 4.18. The summed E-state index contributed by atoms with van der Waals surface area (Å²) in [5.41, 5.74) is 2.61. The van der Waals surface area contributed by atoms with E-state index in [1.807, 2.05) is 48.5 Å². The number of carbonyl (C=O) groups excluding carboxylic acids is 1. The molecule has 0 saturated heterocycles. The van der Waals surface area contributed by atoms with Crippen molar-refractivity contribution in [1.29, 1.82) is 0 Å². The number of carbonyl (C=O) groups is 1. The predicted molar refractivity (Wildman–Crippen MR) is 96.9 cm³/mol. The highest BCUT2D eigenvalue weighted by Gasteiger charge is 2.09. The van der Waals surface area contributed by atoms with Crippen molar-refractivity contribution in [1.82, 2.24) is 20.3 Å². The van der Waals surface area contributed by atoms with Crippen molar-refractivity contribution >= 4 is 5.91 Å². The molecular weight excluding hydrogens is 332 g/mol. The van der Waals surface area contributed by atoms with Crippen molar-refractivity contribution in [2.75, 3.05) is 14.2 Å². The summed E-state index contributed by atoms with van der Waals surface area (Å²) < 4.78 is 12.0. The minimum Gasteiger partial charge on any atom is -0.493 e. The molecule has 0 unspecified atom stereocenters. The number of nitrogens with zero attached hydrogens (tertiary/aromatic N) is 3. The van der Waals surface area contributed by atoms with E-state index in [2.05, 4.69) is 15.6 Å². The summed E-state index contributed by atoms with van der Waals surface area (Å²) in [6.07, 6.45) is 1.76. The van der Waals surface area contributed by atoms with E-state index >= 15 is 0 Å². The summed E-state index contributed by atoms with van der Waals surface area (Å²) in [5.74, 6) is 1.13. The van der Waals surface area contributed by atoms with Crippen LogP contribution in [0.5, 0.6) is 11.5 Å². The molecule has 7 heteroatoms. The molecule has 0 aliphatic carbocycles. The van der Waals surface area contributed by atoms with Gasteiger partial charge in [0.05, 0.1) is 20.4 Å². The Labute approximate surface area is 151 Å². The van der Waals surface area contributed by atoms with Gasteiger partial charge in [-0.1, -0.05) is 41.6 Å². The number of ether oxygens (including phenoxy) is 2. The minimum atomic E-state index is -0.149. The van der Waals surface area contributed by atoms with Crippen LogP contribution < -0.4 is 14.8 Å². The highest BCUT2D eigenvalue weighted by Crippen LogP contribution is 2.27. The number of benzene rings is 2. The van der Waals surface area contributed by atoms with Gasteiger partial charge in [-0.05, 0) is 17.7 Å². The zero-order valence-corrected chi connectivity index (χ0v) is 14.7. The van der Waals surface area contributed by atoms with Crippen LogP contribution in [0.3, 0.4) is 0 Å². The van der Waals surface area contributed by atoms with E-state index in [4.69, 9.17) is 9.47 Å². The molecule has 0 atom stereocenters. The monoisotopic (exact) mass is 352 g/mol. The van der Waals surface area contributed by atoms with Gasteiger partial charge >= 0.3 is 0 Å². The SMILES string of the molecule is COc1ccc(CNC(=O)Cn2cc(-c3ccccc3)nn2)cc1OC. The summed E-state index contributed by atoms with van der Waals surface area (Å²) in [7, 11) is 3.16. The molecule has 3 rings (SSSR count). The van der Waals surface area contributed by atoms with Crippen LogP contribution in [0.15, 0.2) is 54.7 Å². The van der Waals surface area contributed by atoms with E-state index in [1.165, 1.54) is 4.68 Å². The van der Waals surface area contributed by atoms with Gasteiger partial charge in [0.15, 0.2) is 11.5 Å². The van der Waals surface area contributed by atoms with E-state index in [0.29, 0.717) is 18.0 Å². The molecule has 1 heterocycles. The fourth-order valence-electron chi connectivity index (χ4n) is 2.51. The Morgan fingerprint density at radius 1 is 1.08 bits per heavy atom. The molecule has 3 aromatic rings. The topological polar surface area (TPSA) is 78.3 Å². The summed E-state index contributed by atoms with van der Waals surface area (Å²) in [6, 6.07) is 15.2. The first-order valence-electron chi connectivity index (χ1n) is 8.12. The van der Waals surface area contributed by atoms with Gasteiger partial charge in [0.1, 0.15) is 12.2 Å². The molecule has 2 aromatic carbocycles. The smallest absolute Gasteiger partial charge is 0.242 e. The van der Waals surface area contributed by atoms with E-state index in [-0.39, 0.29) is 12.5 Å². The first-order chi connectivity index (χ1) is 12.7. The van der Waals surface area contributed by atoms with Crippen LogP contribution in [0.1, 0.15) is 5.56 Å². The molecule has 26 heavy (non-hydrogen) atoms. The van der Waals surface area contributed by atoms with Crippen LogP contribution in [-0.2, 0) is 17.9 Å². The maximum atomic E-state index is 12.2. The van der Waals surface area contributed by atoms with Crippen molar-refractivity contribution in [2.24, 2.45) is 0 Å². The second-order valence-electron chi connectivity index (χ2n) is 5.63. The fraction of sp³-hybridized carbons (Fsp3) is 0.211. The number of hydrogen-bond donors (Lipinski definition) is 1. The number of rotatable bonds is 7. The van der Waals surface area contributed by atoms with E-state index in [1.54, 1.807) is 20.4 Å². The van der Waals surface area contributed by atoms with Crippen molar-refractivity contribution in [3.8, 4) is 22.8 Å². The summed E-state index contributed by atoms with van der Waals surface area (Å²) in [4.78, 5) is 12.2. The summed E-state index contributed by atoms with van der Waals surface area (Å²) in [6.45, 7) is 0.493. The molecule has 0 aliphatic rings. The average Bonchev–Trinajstić information content (AvgIpc) is 3.15. The molecular formula is C19H20N4O3. The van der Waals surface area contributed by atoms with Crippen LogP contribution in [0, 0.1) is 0 Å². The molecule has 0 saturated carbocycles. The number of aromatic nitrogens is 3. The van der Waals surface area contributed by atoms with E-state index in [9.17, 15) is 4.79 Å². The van der Waals surface area contributed by atoms with Gasteiger partial charge in [-0.25, -0.2) is 4.68 Å². The molecule has 1 N–H and O–H groups in total. The maximum absolute atomic E-state index is 12.2. The normalized spacial score (nSPS) is 10.4. The Hall–Kier alpha value is -3.35. The molecule has 0 radical (unpaired) electrons. The third-order valence-corrected chi connectivity index (χ3v) is 3.85. The second-order valence-corrected chi connectivity index (χ2v) is 5.63. The maximum Gasteiger partial charge on any atom is 0.242 e. The molecule has 1 amide bonds. The Morgan fingerprint density at radius 3 is 2.58 bits per heavy atom. The fourth-order valence-corrected chi connectivity index (χ4v) is 2.51. The lowest BCUT2D eigenvalue weighted by Gasteiger charge is -2.10. The van der Waals surface area contributed by atoms with Gasteiger partial charge in [-0.2, -0.15) is 0 Å². The molecule has 0 fully saturated rings. The Bertz CT molecular complexity index is 878. The highest BCUT2D eigenvalue weighted by molar-refractivity contribution is 5.75. The lowest BCUT2D eigenvalue weighted by molar-refractivity contribution is -0.122. The van der Waals surface area contributed by atoms with E-state index in [0.717, 1.165) is 16.8 Å². The van der Waals surface area contributed by atoms with Gasteiger partial charge in [-0.15, -0.1) is 5.10 Å². The van der Waals surface area contributed by atoms with Gasteiger partial charge in [0.2, 0.25) is 5.91 Å². The molecule has 0 bridgehead atoms. The van der Waals surface area contributed by atoms with Crippen LogP contribution in [-0.4, -0.2) is 35.1 Å². The molecule has 134 valence electrons. The van der Waals surface area contributed by atoms with Gasteiger partial charge < -0.3 is 14.8 Å². The number of nitrogens with one attached hydrogen (secondary N) is 1. The van der Waals surface area contributed by atoms with Crippen molar-refractivity contribution in [3.63, 3.8) is 0 Å². The lowest BCUT2D eigenvalue weighted by Crippen LogP contribution is -2.27. The summed E-state index contributed by atoms with van der Waals surface area (Å²) in [5, 5.41) is 11.0. The lowest BCUT2D eigenvalue weighted by atomic mass is 10.2. The largest absolute Gasteiger partial charge is 0.493 e. The minimum absolute atomic E-state index is 0.104. The van der Waals surface area contributed by atoms with Crippen molar-refractivity contribution < 1.29 is 14.3 Å². The second kappa shape index (κ2) is 8.15. The van der Waals surface area contributed by atoms with Gasteiger partial charge in [0.25, 0.3) is 0 Å². The van der Waals surface area contributed by atoms with Crippen molar-refractivity contribution in [2.45, 2.75) is 13.1 Å². The van der Waals surface area contributed by atoms with Crippen LogP contribution >= 0.6 is 0 Å². The average molecular weight is 352 g/mol. The highest BCUT2D eigenvalue weighted by atomic mass is 16.5. The predicted octanol–water partition coefficient (Wildman–Crippen LogP) is 2.28. The van der Waals surface area contributed by atoms with E-state index < -0.39 is 0 Å². The number of hydrogen-bond acceptors (Lipinski definition) is 5. The Kier molecular flexibility index (Phi) is 5.48. The zero-order chi connectivity index (χ0) is 18.4. The quantitative estimate of drug-likeness (QED) is 0.706. The molecule has 0 spiro atoms. The molecule has 1 aromatic heterocycles. The van der Waals surface area contributed by atoms with Crippen LogP contribution in [0.4, 0.5) is 0 Å². The number of methoxy groups -OCH3 is 2. The first kappa shape index (κ1) is 17.5. The Balaban J connectivity index is 1.57. The summed E-state index contributed by atoms with van der Waals surface area (Å²) >= 11 is 0. The number of amides is 1. The Morgan fingerprint density at radius 2 is 1.85 bits per heavy atom. The third-order valence-electron chi connectivity index (χ3n) is 3.85. The molecule has 0 aliphatic heterocycles. The van der Waals surface area contributed by atoms with Crippen molar-refractivity contribution in [3.05, 3.63) is 60.3 Å². The molecule has 7 nitrogen and oxygen atoms in total. The van der Waals surface area contributed by atoms with Gasteiger partial charge in [0, 0.05) is 12.1 Å². The van der Waals surface area contributed by atoms with Crippen LogP contribution in [0.25, 0.3) is 11.3 Å². The standard InChI is InChI=1S/C19H20N4O3/c1-25-17-9-8-14(10-18(17)26-2)11-20-19(24)13-23-12-16(21-22-23)15-6-4-3-5-7-15/h3-10,12H,11,13H2,1-2H3,(H,20,24).